The van der Waals surface area contributed by atoms with E-state index in [1.54, 1.807) is 25.3 Å². The Bertz CT molecular complexity index is 1420. The number of aliphatic hydroxyl groups is 1. The molecule has 0 aliphatic rings. The Morgan fingerprint density at radius 2 is 1.52 bits per heavy atom. The van der Waals surface area contributed by atoms with Crippen LogP contribution in [-0.4, -0.2) is 78.6 Å². The van der Waals surface area contributed by atoms with E-state index in [0.717, 1.165) is 11.8 Å². The molecule has 266 valence electrons. The van der Waals surface area contributed by atoms with Gasteiger partial charge in [0.1, 0.15) is 28.5 Å². The molecular weight excluding hydrogens is 638 g/mol. The summed E-state index contributed by atoms with van der Waals surface area (Å²) < 4.78 is 29.0. The normalized spacial score (nSPS) is 14.7. The lowest BCUT2D eigenvalue weighted by Crippen LogP contribution is -2.54. The lowest BCUT2D eigenvalue weighted by atomic mass is 9.91. The number of rotatable bonds is 19. The van der Waals surface area contributed by atoms with Crippen molar-refractivity contribution < 1.29 is 37.4 Å². The van der Waals surface area contributed by atoms with Crippen molar-refractivity contribution in [3.05, 3.63) is 66.0 Å². The highest BCUT2D eigenvalue weighted by molar-refractivity contribution is 7.90. The Morgan fingerprint density at radius 1 is 0.854 bits per heavy atom. The maximum atomic E-state index is 13.4. The predicted molar refractivity (Wildman–Crippen MR) is 182 cm³/mol. The van der Waals surface area contributed by atoms with Crippen molar-refractivity contribution >= 4 is 33.7 Å². The number of ether oxygens (including phenoxy) is 1. The lowest BCUT2D eigenvalue weighted by Gasteiger charge is -2.30. The van der Waals surface area contributed by atoms with Crippen molar-refractivity contribution in [1.29, 1.82) is 0 Å². The Morgan fingerprint density at radius 3 is 2.10 bits per heavy atom. The van der Waals surface area contributed by atoms with E-state index in [-0.39, 0.29) is 42.9 Å². The summed E-state index contributed by atoms with van der Waals surface area (Å²) in [5.74, 6) is -2.74. The van der Waals surface area contributed by atoms with E-state index >= 15 is 0 Å². The summed E-state index contributed by atoms with van der Waals surface area (Å²) in [7, 11) is -3.48. The van der Waals surface area contributed by atoms with E-state index < -0.39 is 57.9 Å². The fourth-order valence-corrected chi connectivity index (χ4v) is 5.54. The van der Waals surface area contributed by atoms with Crippen molar-refractivity contribution in [3.63, 3.8) is 0 Å². The monoisotopic (exact) mass is 689 g/mol. The quantitative estimate of drug-likeness (QED) is 0.147. The summed E-state index contributed by atoms with van der Waals surface area (Å²) in [5.41, 5.74) is 1.54. The van der Waals surface area contributed by atoms with E-state index in [4.69, 9.17) is 4.74 Å². The Labute approximate surface area is 283 Å². The molecule has 0 aliphatic carbocycles. The van der Waals surface area contributed by atoms with Crippen LogP contribution >= 0.6 is 0 Å². The van der Waals surface area contributed by atoms with Gasteiger partial charge in [0.05, 0.1) is 17.9 Å². The second-order valence-corrected chi connectivity index (χ2v) is 15.2. The third-order valence-corrected chi connectivity index (χ3v) is 8.57. The van der Waals surface area contributed by atoms with Crippen LogP contribution in [0.15, 0.2) is 54.9 Å². The van der Waals surface area contributed by atoms with Crippen molar-refractivity contribution in [3.8, 4) is 0 Å². The standard InChI is InChI=1S/C34H51N5O8S/c1-22(2)17-28(37-32(42)27(14-16-48(6,45)46)38-34(44)47-21-26-13-10-15-35-19-26)29(40)18-24(5)31(41)39-30(23(3)4)33(43)36-20-25-11-8-7-9-12-25/h7-13,15,19,22-24,27-30,40H,14,16-18,20-21H2,1-6H3,(H,36,43)(H,37,42)(H,38,44)(H,39,41)/t24-,27+,28+,29+,30+/m1/s1. The number of hydrogen-bond acceptors (Lipinski definition) is 9. The first-order valence-corrected chi connectivity index (χ1v) is 18.2. The van der Waals surface area contributed by atoms with Gasteiger partial charge in [-0.3, -0.25) is 19.4 Å². The molecule has 0 spiro atoms. The highest BCUT2D eigenvalue weighted by atomic mass is 32.2. The minimum absolute atomic E-state index is 0.0274. The average Bonchev–Trinajstić information content (AvgIpc) is 3.03. The number of amides is 4. The molecule has 2 rings (SSSR count). The smallest absolute Gasteiger partial charge is 0.408 e. The second kappa shape index (κ2) is 19.7. The number of nitrogens with one attached hydrogen (secondary N) is 4. The SMILES string of the molecule is CC(C)C[C@H](NC(=O)[C@H](CCS(C)(=O)=O)NC(=O)OCc1cccnc1)[C@@H](O)C[C@@H](C)C(=O)N[C@H](C(=O)NCc1ccccc1)C(C)C. The van der Waals surface area contributed by atoms with Gasteiger partial charge in [0.15, 0.2) is 0 Å². The molecule has 1 aromatic heterocycles. The van der Waals surface area contributed by atoms with Crippen LogP contribution in [0.1, 0.15) is 65.0 Å². The van der Waals surface area contributed by atoms with Crippen LogP contribution in [0.2, 0.25) is 0 Å². The maximum absolute atomic E-state index is 13.4. The first-order chi connectivity index (χ1) is 22.6. The minimum atomic E-state index is -3.48. The molecule has 1 aromatic carbocycles. The molecule has 4 amide bonds. The van der Waals surface area contributed by atoms with E-state index in [9.17, 15) is 32.7 Å². The molecule has 0 saturated heterocycles. The van der Waals surface area contributed by atoms with Gasteiger partial charge in [0.25, 0.3) is 0 Å². The lowest BCUT2D eigenvalue weighted by molar-refractivity contribution is -0.132. The van der Waals surface area contributed by atoms with E-state index in [2.05, 4.69) is 26.3 Å². The minimum Gasteiger partial charge on any atom is -0.445 e. The van der Waals surface area contributed by atoms with Gasteiger partial charge < -0.3 is 31.1 Å². The van der Waals surface area contributed by atoms with Gasteiger partial charge in [-0.1, -0.05) is 71.0 Å². The van der Waals surface area contributed by atoms with Crippen molar-refractivity contribution in [2.75, 3.05) is 12.0 Å². The molecule has 5 atom stereocenters. The van der Waals surface area contributed by atoms with Crippen LogP contribution in [0.5, 0.6) is 0 Å². The Balaban J connectivity index is 2.07. The Hall–Kier alpha value is -4.04. The van der Waals surface area contributed by atoms with Crippen LogP contribution in [0.25, 0.3) is 0 Å². The number of alkyl carbamates (subject to hydrolysis) is 1. The zero-order chi connectivity index (χ0) is 35.9. The zero-order valence-electron chi connectivity index (χ0n) is 28.6. The molecule has 0 radical (unpaired) electrons. The summed E-state index contributed by atoms with van der Waals surface area (Å²) in [6, 6.07) is 9.89. The summed E-state index contributed by atoms with van der Waals surface area (Å²) >= 11 is 0. The molecule has 0 fully saturated rings. The fraction of sp³-hybridized carbons (Fsp3) is 0.559. The van der Waals surface area contributed by atoms with Gasteiger partial charge in [0, 0.05) is 36.7 Å². The Kier molecular flexibility index (Phi) is 16.5. The van der Waals surface area contributed by atoms with Gasteiger partial charge in [-0.2, -0.15) is 0 Å². The number of sulfone groups is 1. The summed E-state index contributed by atoms with van der Waals surface area (Å²) in [4.78, 5) is 56.1. The first kappa shape index (κ1) is 40.1. The molecule has 14 heteroatoms. The van der Waals surface area contributed by atoms with E-state index in [1.807, 2.05) is 58.0 Å². The number of nitrogens with zero attached hydrogens (tertiary/aromatic N) is 1. The zero-order valence-corrected chi connectivity index (χ0v) is 29.5. The van der Waals surface area contributed by atoms with Crippen molar-refractivity contribution in [2.45, 2.75) is 91.3 Å². The number of pyridine rings is 1. The number of aliphatic hydroxyl groups excluding tert-OH is 1. The molecule has 0 saturated carbocycles. The molecular formula is C34H51N5O8S. The number of hydrogen-bond donors (Lipinski definition) is 5. The van der Waals surface area contributed by atoms with Crippen molar-refractivity contribution in [2.24, 2.45) is 17.8 Å². The summed E-state index contributed by atoms with van der Waals surface area (Å²) in [5, 5.41) is 22.1. The number of aromatic nitrogens is 1. The highest BCUT2D eigenvalue weighted by Gasteiger charge is 2.32. The van der Waals surface area contributed by atoms with E-state index in [1.165, 1.54) is 6.20 Å². The molecule has 1 heterocycles. The molecule has 0 unspecified atom stereocenters. The summed E-state index contributed by atoms with van der Waals surface area (Å²) in [6.07, 6.45) is 2.09. The van der Waals surface area contributed by atoms with Crippen LogP contribution in [0.3, 0.4) is 0 Å². The molecule has 5 N–H and O–H groups in total. The molecule has 2 aromatic rings. The van der Waals surface area contributed by atoms with Gasteiger partial charge in [-0.15, -0.1) is 0 Å². The van der Waals surface area contributed by atoms with Crippen molar-refractivity contribution in [1.82, 2.24) is 26.3 Å². The highest BCUT2D eigenvalue weighted by Crippen LogP contribution is 2.17. The van der Waals surface area contributed by atoms with Crippen LogP contribution in [0.4, 0.5) is 4.79 Å². The average molecular weight is 690 g/mol. The third kappa shape index (κ3) is 15.2. The number of carbonyl (C=O) groups excluding carboxylic acids is 4. The van der Waals surface area contributed by atoms with Gasteiger partial charge in [-0.25, -0.2) is 13.2 Å². The number of carbonyl (C=O) groups is 4. The predicted octanol–water partition coefficient (Wildman–Crippen LogP) is 2.49. The molecule has 0 aliphatic heterocycles. The largest absolute Gasteiger partial charge is 0.445 e. The first-order valence-electron chi connectivity index (χ1n) is 16.2. The van der Waals surface area contributed by atoms with Crippen LogP contribution < -0.4 is 21.3 Å². The van der Waals surface area contributed by atoms with Crippen LogP contribution in [-0.2, 0) is 42.1 Å². The fourth-order valence-electron chi connectivity index (χ4n) is 4.88. The molecule has 13 nitrogen and oxygen atoms in total. The van der Waals surface area contributed by atoms with Crippen LogP contribution in [0, 0.1) is 17.8 Å². The van der Waals surface area contributed by atoms with Gasteiger partial charge in [0.2, 0.25) is 17.7 Å². The number of benzene rings is 1. The topological polar surface area (TPSA) is 193 Å². The maximum Gasteiger partial charge on any atom is 0.408 e. The third-order valence-electron chi connectivity index (χ3n) is 7.60. The summed E-state index contributed by atoms with van der Waals surface area (Å²) in [6.45, 7) is 9.28. The van der Waals surface area contributed by atoms with Gasteiger partial charge >= 0.3 is 6.09 Å². The van der Waals surface area contributed by atoms with Gasteiger partial charge in [-0.05, 0) is 42.7 Å². The molecule has 0 bridgehead atoms. The van der Waals surface area contributed by atoms with E-state index in [0.29, 0.717) is 18.5 Å². The second-order valence-electron chi connectivity index (χ2n) is 12.9. The molecule has 48 heavy (non-hydrogen) atoms.